The molecule has 0 aromatic heterocycles. The minimum Gasteiger partial charge on any atom is -0.472 e. The summed E-state index contributed by atoms with van der Waals surface area (Å²) in [6.45, 7) is 7.03. The van der Waals surface area contributed by atoms with Gasteiger partial charge in [-0.1, -0.05) is 35.0 Å². The van der Waals surface area contributed by atoms with Crippen molar-refractivity contribution in [2.24, 2.45) is 5.92 Å². The fourth-order valence-electron chi connectivity index (χ4n) is 4.82. The van der Waals surface area contributed by atoms with Gasteiger partial charge in [0.1, 0.15) is 5.75 Å². The Morgan fingerprint density at radius 2 is 1.67 bits per heavy atom. The molecule has 0 spiro atoms. The molecule has 2 aromatic carbocycles. The van der Waals surface area contributed by atoms with Crippen LogP contribution in [-0.2, 0) is 0 Å². The second kappa shape index (κ2) is 6.42. The van der Waals surface area contributed by atoms with Crippen LogP contribution in [-0.4, -0.2) is 30.5 Å². The zero-order valence-electron chi connectivity index (χ0n) is 15.7. The first kappa shape index (κ1) is 17.4. The summed E-state index contributed by atoms with van der Waals surface area (Å²) in [5.74, 6) is 3.05. The van der Waals surface area contributed by atoms with Crippen molar-refractivity contribution >= 4 is 15.9 Å². The predicted octanol–water partition coefficient (Wildman–Crippen LogP) is 5.15. The molecule has 0 N–H and O–H groups in total. The fraction of sp³-hybridized carbons (Fsp3) is 0.455. The van der Waals surface area contributed by atoms with E-state index in [0.717, 1.165) is 34.8 Å². The molecule has 3 aliphatic rings. The molecule has 0 saturated carbocycles. The molecule has 0 aliphatic carbocycles. The number of nitrogens with zero attached hydrogens (tertiary/aromatic N) is 1. The van der Waals surface area contributed by atoms with Gasteiger partial charge in [0.15, 0.2) is 17.2 Å². The molecule has 0 bridgehead atoms. The quantitative estimate of drug-likeness (QED) is 0.660. The average molecular weight is 430 g/mol. The van der Waals surface area contributed by atoms with Crippen molar-refractivity contribution in [3.05, 3.63) is 52.0 Å². The van der Waals surface area contributed by atoms with E-state index in [4.69, 9.17) is 14.2 Å². The number of benzene rings is 2. The van der Waals surface area contributed by atoms with Crippen molar-refractivity contribution in [1.29, 1.82) is 0 Å². The molecule has 5 heteroatoms. The maximum atomic E-state index is 6.70. The molecule has 4 nitrogen and oxygen atoms in total. The second-order valence-corrected chi connectivity index (χ2v) is 8.83. The van der Waals surface area contributed by atoms with E-state index in [1.165, 1.54) is 24.0 Å². The zero-order chi connectivity index (χ0) is 18.6. The van der Waals surface area contributed by atoms with Crippen molar-refractivity contribution < 1.29 is 14.2 Å². The van der Waals surface area contributed by atoms with Crippen LogP contribution in [0.25, 0.3) is 0 Å². The number of fused-ring (bicyclic) bond motifs is 2. The summed E-state index contributed by atoms with van der Waals surface area (Å²) in [6.07, 6.45) is 2.48. The van der Waals surface area contributed by atoms with E-state index in [2.05, 4.69) is 65.0 Å². The van der Waals surface area contributed by atoms with Gasteiger partial charge in [0.2, 0.25) is 6.79 Å². The zero-order valence-corrected chi connectivity index (χ0v) is 17.3. The highest BCUT2D eigenvalue weighted by atomic mass is 79.9. The lowest BCUT2D eigenvalue weighted by atomic mass is 9.74. The summed E-state index contributed by atoms with van der Waals surface area (Å²) in [4.78, 5) is 2.51. The smallest absolute Gasteiger partial charge is 0.231 e. The summed E-state index contributed by atoms with van der Waals surface area (Å²) in [7, 11) is 0. The monoisotopic (exact) mass is 429 g/mol. The van der Waals surface area contributed by atoms with Gasteiger partial charge in [-0.3, -0.25) is 4.90 Å². The topological polar surface area (TPSA) is 30.9 Å². The van der Waals surface area contributed by atoms with Gasteiger partial charge in [0.25, 0.3) is 0 Å². The van der Waals surface area contributed by atoms with Gasteiger partial charge in [-0.15, -0.1) is 0 Å². The first-order chi connectivity index (χ1) is 13.1. The first-order valence-electron chi connectivity index (χ1n) is 9.69. The van der Waals surface area contributed by atoms with Gasteiger partial charge in [0.05, 0.1) is 0 Å². The molecule has 1 fully saturated rings. The van der Waals surface area contributed by atoms with E-state index < -0.39 is 0 Å². The number of likely N-dealkylation sites (tertiary alicyclic amines) is 1. The summed E-state index contributed by atoms with van der Waals surface area (Å²) >= 11 is 3.56. The van der Waals surface area contributed by atoms with Crippen LogP contribution in [0.4, 0.5) is 0 Å². The molecule has 3 heterocycles. The van der Waals surface area contributed by atoms with Crippen LogP contribution in [0.1, 0.15) is 43.7 Å². The minimum atomic E-state index is -0.338. The lowest BCUT2D eigenvalue weighted by Crippen LogP contribution is -2.57. The Morgan fingerprint density at radius 3 is 2.37 bits per heavy atom. The molecule has 0 radical (unpaired) electrons. The third kappa shape index (κ3) is 2.74. The highest BCUT2D eigenvalue weighted by molar-refractivity contribution is 9.10. The van der Waals surface area contributed by atoms with Crippen LogP contribution in [0.15, 0.2) is 40.9 Å². The maximum absolute atomic E-state index is 6.70. The van der Waals surface area contributed by atoms with Crippen molar-refractivity contribution in [2.75, 3.05) is 19.9 Å². The van der Waals surface area contributed by atoms with E-state index in [1.807, 2.05) is 6.07 Å². The highest BCUT2D eigenvalue weighted by Gasteiger charge is 2.49. The Kier molecular flexibility index (Phi) is 4.13. The Bertz CT molecular complexity index is 863. The maximum Gasteiger partial charge on any atom is 0.231 e. The summed E-state index contributed by atoms with van der Waals surface area (Å²) in [5.41, 5.74) is 2.15. The average Bonchev–Trinajstić information content (AvgIpc) is 3.34. The summed E-state index contributed by atoms with van der Waals surface area (Å²) < 4.78 is 19.1. The number of rotatable bonds is 2. The number of hydrogen-bond donors (Lipinski definition) is 0. The molecular weight excluding hydrogens is 406 g/mol. The molecule has 2 aromatic rings. The Hall–Kier alpha value is -1.72. The van der Waals surface area contributed by atoms with Gasteiger partial charge in [-0.25, -0.2) is 0 Å². The summed E-state index contributed by atoms with van der Waals surface area (Å²) in [6, 6.07) is 12.8. The SMILES string of the molecule is CC1C(c2ccc(Br)cc2)c2cc3c(cc2OC1(C)N1CCCC1)OCO3. The molecule has 5 rings (SSSR count). The van der Waals surface area contributed by atoms with Crippen LogP contribution in [0.5, 0.6) is 17.2 Å². The molecule has 1 saturated heterocycles. The van der Waals surface area contributed by atoms with Gasteiger partial charge >= 0.3 is 0 Å². The van der Waals surface area contributed by atoms with Crippen molar-refractivity contribution in [3.63, 3.8) is 0 Å². The largest absolute Gasteiger partial charge is 0.472 e. The summed E-state index contributed by atoms with van der Waals surface area (Å²) in [5, 5.41) is 0. The van der Waals surface area contributed by atoms with E-state index >= 15 is 0 Å². The van der Waals surface area contributed by atoms with E-state index in [-0.39, 0.29) is 18.4 Å². The van der Waals surface area contributed by atoms with Crippen molar-refractivity contribution in [2.45, 2.75) is 38.3 Å². The molecule has 3 unspecified atom stereocenters. The Morgan fingerprint density at radius 1 is 1.00 bits per heavy atom. The van der Waals surface area contributed by atoms with Crippen molar-refractivity contribution in [1.82, 2.24) is 4.90 Å². The van der Waals surface area contributed by atoms with Gasteiger partial charge in [-0.2, -0.15) is 0 Å². The van der Waals surface area contributed by atoms with E-state index in [9.17, 15) is 0 Å². The van der Waals surface area contributed by atoms with Crippen LogP contribution in [0.2, 0.25) is 0 Å². The third-order valence-corrected chi connectivity index (χ3v) is 6.99. The van der Waals surface area contributed by atoms with Gasteiger partial charge in [-0.05, 0) is 43.5 Å². The molecule has 142 valence electrons. The third-order valence-electron chi connectivity index (χ3n) is 6.46. The lowest BCUT2D eigenvalue weighted by Gasteiger charge is -2.50. The molecule has 3 atom stereocenters. The second-order valence-electron chi connectivity index (χ2n) is 7.91. The van der Waals surface area contributed by atoms with Gasteiger partial charge in [0, 0.05) is 41.0 Å². The fourth-order valence-corrected chi connectivity index (χ4v) is 5.08. The van der Waals surface area contributed by atoms with Gasteiger partial charge < -0.3 is 14.2 Å². The molecule has 27 heavy (non-hydrogen) atoms. The van der Waals surface area contributed by atoms with Crippen molar-refractivity contribution in [3.8, 4) is 17.2 Å². The Balaban J connectivity index is 1.66. The first-order valence-corrected chi connectivity index (χ1v) is 10.5. The molecular formula is C22H24BrNO3. The highest BCUT2D eigenvalue weighted by Crippen LogP contribution is 2.53. The van der Waals surface area contributed by atoms with Crippen LogP contribution < -0.4 is 14.2 Å². The predicted molar refractivity (Wildman–Crippen MR) is 108 cm³/mol. The Labute approximate surface area is 168 Å². The number of ether oxygens (including phenoxy) is 3. The normalized spacial score (nSPS) is 29.4. The van der Waals surface area contributed by atoms with E-state index in [0.29, 0.717) is 5.92 Å². The van der Waals surface area contributed by atoms with Crippen LogP contribution >= 0.6 is 15.9 Å². The van der Waals surface area contributed by atoms with Crippen LogP contribution in [0.3, 0.4) is 0 Å². The molecule has 0 amide bonds. The number of hydrogen-bond acceptors (Lipinski definition) is 4. The lowest BCUT2D eigenvalue weighted by molar-refractivity contribution is -0.114. The van der Waals surface area contributed by atoms with Crippen LogP contribution in [0, 0.1) is 5.92 Å². The van der Waals surface area contributed by atoms with E-state index in [1.54, 1.807) is 0 Å². The minimum absolute atomic E-state index is 0.238. The number of halogens is 1. The standard InChI is InChI=1S/C22H24BrNO3/c1-14-21(15-5-7-16(23)8-6-15)17-11-19-20(26-13-25-19)12-18(17)27-22(14,2)24-9-3-4-10-24/h5-8,11-12,14,21H,3-4,9-10,13H2,1-2H3. The molecule has 3 aliphatic heterocycles.